The topological polar surface area (TPSA) is 52.3 Å². The first-order valence-electron chi connectivity index (χ1n) is 6.31. The van der Waals surface area contributed by atoms with Crippen molar-refractivity contribution in [2.45, 2.75) is 20.5 Å². The number of fused-ring (bicyclic) bond motifs is 1. The quantitative estimate of drug-likeness (QED) is 0.739. The predicted octanol–water partition coefficient (Wildman–Crippen LogP) is 3.63. The van der Waals surface area contributed by atoms with Crippen LogP contribution in [0.5, 0.6) is 5.75 Å². The zero-order chi connectivity index (χ0) is 15.0. The summed E-state index contributed by atoms with van der Waals surface area (Å²) in [5.41, 5.74) is 2.30. The van der Waals surface area contributed by atoms with Gasteiger partial charge in [0.25, 0.3) is 0 Å². The second-order valence-electron chi connectivity index (χ2n) is 4.59. The Morgan fingerprint density at radius 2 is 2.00 bits per heavy atom. The van der Waals surface area contributed by atoms with Gasteiger partial charge in [-0.3, -0.25) is 4.40 Å². The van der Waals surface area contributed by atoms with Crippen LogP contribution in [0.15, 0.2) is 24.3 Å². The van der Waals surface area contributed by atoms with Gasteiger partial charge in [0, 0.05) is 10.7 Å². The fourth-order valence-electron chi connectivity index (χ4n) is 2.04. The highest BCUT2D eigenvalue weighted by Gasteiger charge is 2.14. The Bertz CT molecular complexity index is 816. The molecule has 3 aromatic rings. The Morgan fingerprint density at radius 1 is 1.19 bits per heavy atom. The van der Waals surface area contributed by atoms with E-state index in [1.807, 2.05) is 30.4 Å². The van der Waals surface area contributed by atoms with E-state index in [0.29, 0.717) is 27.4 Å². The van der Waals surface area contributed by atoms with Gasteiger partial charge in [-0.15, -0.1) is 10.2 Å². The van der Waals surface area contributed by atoms with Crippen molar-refractivity contribution in [3.8, 4) is 5.75 Å². The summed E-state index contributed by atoms with van der Waals surface area (Å²) in [6.45, 7) is 4.10. The zero-order valence-corrected chi connectivity index (χ0v) is 13.0. The Hall–Kier alpha value is -1.85. The molecule has 0 atom stereocenters. The lowest BCUT2D eigenvalue weighted by atomic mass is 10.3. The average Bonchev–Trinajstić information content (AvgIpc) is 2.87. The monoisotopic (exact) mass is 322 g/mol. The third-order valence-electron chi connectivity index (χ3n) is 3.20. The molecule has 0 aliphatic rings. The zero-order valence-electron chi connectivity index (χ0n) is 11.5. The number of benzene rings is 1. The minimum atomic E-state index is 0.266. The lowest BCUT2D eigenvalue weighted by Gasteiger charge is -2.08. The highest BCUT2D eigenvalue weighted by atomic mass is 35.5. The molecular formula is C14H12Cl2N4O. The van der Waals surface area contributed by atoms with Crippen molar-refractivity contribution >= 4 is 28.8 Å². The van der Waals surface area contributed by atoms with E-state index >= 15 is 0 Å². The van der Waals surface area contributed by atoms with E-state index in [1.165, 1.54) is 0 Å². The van der Waals surface area contributed by atoms with Gasteiger partial charge in [0.2, 0.25) is 0 Å². The molecule has 21 heavy (non-hydrogen) atoms. The molecule has 0 N–H and O–H groups in total. The van der Waals surface area contributed by atoms with E-state index in [1.54, 1.807) is 12.1 Å². The third-order valence-corrected chi connectivity index (χ3v) is 3.69. The predicted molar refractivity (Wildman–Crippen MR) is 81.1 cm³/mol. The van der Waals surface area contributed by atoms with Crippen molar-refractivity contribution in [1.29, 1.82) is 0 Å². The molecule has 0 aliphatic heterocycles. The molecule has 2 aromatic heterocycles. The van der Waals surface area contributed by atoms with E-state index < -0.39 is 0 Å². The molecule has 0 aliphatic carbocycles. The number of halogens is 2. The molecule has 0 bridgehead atoms. The lowest BCUT2D eigenvalue weighted by molar-refractivity contribution is 0.294. The average molecular weight is 323 g/mol. The van der Waals surface area contributed by atoms with E-state index in [2.05, 4.69) is 15.2 Å². The second-order valence-corrected chi connectivity index (χ2v) is 5.39. The van der Waals surface area contributed by atoms with Crippen LogP contribution in [-0.4, -0.2) is 19.6 Å². The fraction of sp³-hybridized carbons (Fsp3) is 0.214. The Balaban J connectivity index is 1.95. The minimum absolute atomic E-state index is 0.266. The molecule has 1 aromatic carbocycles. The van der Waals surface area contributed by atoms with Crippen LogP contribution in [0.1, 0.15) is 17.2 Å². The summed E-state index contributed by atoms with van der Waals surface area (Å²) >= 11 is 12.0. The van der Waals surface area contributed by atoms with Crippen LogP contribution < -0.4 is 4.74 Å². The number of rotatable bonds is 3. The maximum absolute atomic E-state index is 6.09. The minimum Gasteiger partial charge on any atom is -0.486 e. The Labute approximate surface area is 131 Å². The maximum Gasteiger partial charge on any atom is 0.198 e. The summed E-state index contributed by atoms with van der Waals surface area (Å²) in [5, 5.41) is 9.14. The van der Waals surface area contributed by atoms with E-state index in [4.69, 9.17) is 27.9 Å². The molecular weight excluding hydrogens is 311 g/mol. The van der Waals surface area contributed by atoms with E-state index in [0.717, 1.165) is 11.4 Å². The molecule has 2 heterocycles. The van der Waals surface area contributed by atoms with Crippen LogP contribution in [0.25, 0.3) is 5.65 Å². The standard InChI is InChI=1S/C14H12Cl2N4O/c1-8-9(2)20-12(18-19-14(20)13(16)17-8)7-21-11-5-3-4-10(15)6-11/h3-6H,7H2,1-2H3. The van der Waals surface area contributed by atoms with Crippen molar-refractivity contribution in [2.24, 2.45) is 0 Å². The summed E-state index contributed by atoms with van der Waals surface area (Å²) in [6.07, 6.45) is 0. The lowest BCUT2D eigenvalue weighted by Crippen LogP contribution is -2.06. The SMILES string of the molecule is Cc1nc(Cl)c2nnc(COc3cccc(Cl)c3)n2c1C. The number of aromatic nitrogens is 4. The van der Waals surface area contributed by atoms with Crippen molar-refractivity contribution in [3.05, 3.63) is 51.7 Å². The molecule has 0 fully saturated rings. The van der Waals surface area contributed by atoms with Gasteiger partial charge in [-0.25, -0.2) is 4.98 Å². The summed E-state index contributed by atoms with van der Waals surface area (Å²) in [4.78, 5) is 4.23. The van der Waals surface area contributed by atoms with Crippen LogP contribution in [-0.2, 0) is 6.61 Å². The summed E-state index contributed by atoms with van der Waals surface area (Å²) in [7, 11) is 0. The highest BCUT2D eigenvalue weighted by Crippen LogP contribution is 2.21. The van der Waals surface area contributed by atoms with Crippen LogP contribution in [0.2, 0.25) is 10.2 Å². The van der Waals surface area contributed by atoms with E-state index in [9.17, 15) is 0 Å². The van der Waals surface area contributed by atoms with Crippen LogP contribution >= 0.6 is 23.2 Å². The number of aryl methyl sites for hydroxylation is 2. The molecule has 5 nitrogen and oxygen atoms in total. The van der Waals surface area contributed by atoms with Gasteiger partial charge in [-0.2, -0.15) is 0 Å². The molecule has 3 rings (SSSR count). The largest absolute Gasteiger partial charge is 0.486 e. The molecule has 0 saturated carbocycles. The molecule has 108 valence electrons. The first kappa shape index (κ1) is 14.1. The number of hydrogen-bond acceptors (Lipinski definition) is 4. The first-order valence-corrected chi connectivity index (χ1v) is 7.07. The molecule has 0 spiro atoms. The third kappa shape index (κ3) is 2.66. The van der Waals surface area contributed by atoms with E-state index in [-0.39, 0.29) is 6.61 Å². The van der Waals surface area contributed by atoms with Crippen molar-refractivity contribution in [1.82, 2.24) is 19.6 Å². The van der Waals surface area contributed by atoms with Crippen LogP contribution in [0.3, 0.4) is 0 Å². The molecule has 7 heteroatoms. The number of nitrogens with zero attached hydrogens (tertiary/aromatic N) is 4. The van der Waals surface area contributed by atoms with Crippen molar-refractivity contribution in [2.75, 3.05) is 0 Å². The van der Waals surface area contributed by atoms with Gasteiger partial charge < -0.3 is 4.74 Å². The summed E-state index contributed by atoms with van der Waals surface area (Å²) in [6, 6.07) is 7.20. The smallest absolute Gasteiger partial charge is 0.198 e. The van der Waals surface area contributed by atoms with Gasteiger partial charge in [0.15, 0.2) is 16.6 Å². The van der Waals surface area contributed by atoms with Crippen LogP contribution in [0.4, 0.5) is 0 Å². The van der Waals surface area contributed by atoms with Crippen molar-refractivity contribution in [3.63, 3.8) is 0 Å². The summed E-state index contributed by atoms with van der Waals surface area (Å²) < 4.78 is 7.56. The number of ether oxygens (including phenoxy) is 1. The molecule has 0 unspecified atom stereocenters. The van der Waals surface area contributed by atoms with Gasteiger partial charge in [0.1, 0.15) is 12.4 Å². The van der Waals surface area contributed by atoms with Crippen molar-refractivity contribution < 1.29 is 4.74 Å². The molecule has 0 amide bonds. The molecule has 0 radical (unpaired) electrons. The van der Waals surface area contributed by atoms with Crippen LogP contribution in [0, 0.1) is 13.8 Å². The Kier molecular flexibility index (Phi) is 3.69. The van der Waals surface area contributed by atoms with Gasteiger partial charge >= 0.3 is 0 Å². The van der Waals surface area contributed by atoms with Gasteiger partial charge in [0.05, 0.1) is 5.69 Å². The fourth-order valence-corrected chi connectivity index (χ4v) is 2.47. The molecule has 0 saturated heterocycles. The first-order chi connectivity index (χ1) is 10.1. The van der Waals surface area contributed by atoms with Gasteiger partial charge in [-0.1, -0.05) is 29.3 Å². The van der Waals surface area contributed by atoms with Gasteiger partial charge in [-0.05, 0) is 32.0 Å². The Morgan fingerprint density at radius 3 is 2.76 bits per heavy atom. The normalized spacial score (nSPS) is 11.0. The number of hydrogen-bond donors (Lipinski definition) is 0. The highest BCUT2D eigenvalue weighted by molar-refractivity contribution is 6.32. The summed E-state index contributed by atoms with van der Waals surface area (Å²) in [5.74, 6) is 1.34. The second kappa shape index (κ2) is 5.50. The maximum atomic E-state index is 6.09.